The Balaban J connectivity index is 1.59. The average molecular weight is 463 g/mol. The van der Waals surface area contributed by atoms with Crippen LogP contribution in [0.15, 0.2) is 71.6 Å². The van der Waals surface area contributed by atoms with Crippen molar-refractivity contribution in [3.05, 3.63) is 87.9 Å². The highest BCUT2D eigenvalue weighted by molar-refractivity contribution is 7.92. The molecule has 0 spiro atoms. The summed E-state index contributed by atoms with van der Waals surface area (Å²) in [6, 6.07) is 18.4. The van der Waals surface area contributed by atoms with Crippen molar-refractivity contribution in [1.29, 1.82) is 0 Å². The molecule has 0 aromatic heterocycles. The fourth-order valence-corrected chi connectivity index (χ4v) is 4.13. The SMILES string of the molecule is Cc1ccc(NS(=O)(=O)c2ccc(CCC(=O)Nc3cc(Cl)ccc3Cl)cc2)cc1. The highest BCUT2D eigenvalue weighted by Crippen LogP contribution is 2.25. The van der Waals surface area contributed by atoms with Crippen LogP contribution >= 0.6 is 23.2 Å². The second kappa shape index (κ2) is 9.51. The molecule has 0 heterocycles. The lowest BCUT2D eigenvalue weighted by molar-refractivity contribution is -0.116. The van der Waals surface area contributed by atoms with Gasteiger partial charge in [-0.15, -0.1) is 0 Å². The fourth-order valence-electron chi connectivity index (χ4n) is 2.73. The lowest BCUT2D eigenvalue weighted by atomic mass is 10.1. The molecule has 8 heteroatoms. The Morgan fingerprint density at radius 2 is 1.60 bits per heavy atom. The van der Waals surface area contributed by atoms with Gasteiger partial charge in [-0.2, -0.15) is 0 Å². The van der Waals surface area contributed by atoms with E-state index in [1.54, 1.807) is 42.5 Å². The van der Waals surface area contributed by atoms with E-state index in [1.807, 2.05) is 19.1 Å². The zero-order valence-corrected chi connectivity index (χ0v) is 18.5. The van der Waals surface area contributed by atoms with E-state index in [4.69, 9.17) is 23.2 Å². The summed E-state index contributed by atoms with van der Waals surface area (Å²) in [5.74, 6) is -0.211. The zero-order chi connectivity index (χ0) is 21.7. The van der Waals surface area contributed by atoms with E-state index in [-0.39, 0.29) is 17.2 Å². The maximum atomic E-state index is 12.5. The molecule has 0 unspecified atom stereocenters. The van der Waals surface area contributed by atoms with Gasteiger partial charge in [0.1, 0.15) is 0 Å². The smallest absolute Gasteiger partial charge is 0.261 e. The molecule has 2 N–H and O–H groups in total. The molecule has 0 fully saturated rings. The van der Waals surface area contributed by atoms with E-state index in [2.05, 4.69) is 10.0 Å². The number of amides is 1. The van der Waals surface area contributed by atoms with Gasteiger partial charge in [-0.25, -0.2) is 8.42 Å². The number of nitrogens with one attached hydrogen (secondary N) is 2. The number of hydrogen-bond acceptors (Lipinski definition) is 3. The van der Waals surface area contributed by atoms with E-state index in [0.717, 1.165) is 11.1 Å². The molecule has 5 nitrogen and oxygen atoms in total. The predicted molar refractivity (Wildman–Crippen MR) is 122 cm³/mol. The normalized spacial score (nSPS) is 11.2. The lowest BCUT2D eigenvalue weighted by Gasteiger charge is -2.10. The van der Waals surface area contributed by atoms with Crippen molar-refractivity contribution < 1.29 is 13.2 Å². The molecule has 0 bridgehead atoms. The van der Waals surface area contributed by atoms with Crippen molar-refractivity contribution in [3.63, 3.8) is 0 Å². The Morgan fingerprint density at radius 1 is 0.933 bits per heavy atom. The van der Waals surface area contributed by atoms with Crippen LogP contribution in [0.5, 0.6) is 0 Å². The van der Waals surface area contributed by atoms with E-state index in [0.29, 0.717) is 27.8 Å². The van der Waals surface area contributed by atoms with Crippen LogP contribution in [-0.4, -0.2) is 14.3 Å². The minimum absolute atomic E-state index is 0.155. The maximum Gasteiger partial charge on any atom is 0.261 e. The first-order chi connectivity index (χ1) is 14.2. The van der Waals surface area contributed by atoms with Gasteiger partial charge in [0.15, 0.2) is 0 Å². The zero-order valence-electron chi connectivity index (χ0n) is 16.2. The molecule has 0 aliphatic carbocycles. The highest BCUT2D eigenvalue weighted by atomic mass is 35.5. The average Bonchev–Trinajstić information content (AvgIpc) is 2.71. The van der Waals surface area contributed by atoms with E-state index in [1.165, 1.54) is 12.1 Å². The summed E-state index contributed by atoms with van der Waals surface area (Å²) in [5, 5.41) is 3.61. The van der Waals surface area contributed by atoms with Gasteiger partial charge in [0, 0.05) is 17.1 Å². The molecular formula is C22H20Cl2N2O3S. The van der Waals surface area contributed by atoms with Crippen LogP contribution in [-0.2, 0) is 21.2 Å². The molecule has 0 radical (unpaired) electrons. The summed E-state index contributed by atoms with van der Waals surface area (Å²) in [4.78, 5) is 12.3. The van der Waals surface area contributed by atoms with E-state index in [9.17, 15) is 13.2 Å². The van der Waals surface area contributed by atoms with Crippen molar-refractivity contribution in [2.45, 2.75) is 24.7 Å². The van der Waals surface area contributed by atoms with Gasteiger partial charge in [0.25, 0.3) is 10.0 Å². The quantitative estimate of drug-likeness (QED) is 0.474. The molecule has 3 rings (SSSR count). The van der Waals surface area contributed by atoms with E-state index < -0.39 is 10.0 Å². The maximum absolute atomic E-state index is 12.5. The van der Waals surface area contributed by atoms with Crippen LogP contribution in [0.3, 0.4) is 0 Å². The van der Waals surface area contributed by atoms with Gasteiger partial charge in [0.2, 0.25) is 5.91 Å². The summed E-state index contributed by atoms with van der Waals surface area (Å²) >= 11 is 12.0. The van der Waals surface area contributed by atoms with Crippen LogP contribution in [0.4, 0.5) is 11.4 Å². The fraction of sp³-hybridized carbons (Fsp3) is 0.136. The molecule has 3 aromatic carbocycles. The Bertz CT molecular complexity index is 1150. The number of hydrogen-bond donors (Lipinski definition) is 2. The van der Waals surface area contributed by atoms with E-state index >= 15 is 0 Å². The van der Waals surface area contributed by atoms with Crippen molar-refractivity contribution in [2.24, 2.45) is 0 Å². The number of carbonyl (C=O) groups is 1. The van der Waals surface area contributed by atoms with Crippen LogP contribution in [0.2, 0.25) is 10.0 Å². The summed E-state index contributed by atoms with van der Waals surface area (Å²) in [6.07, 6.45) is 0.673. The molecule has 30 heavy (non-hydrogen) atoms. The predicted octanol–water partition coefficient (Wildman–Crippen LogP) is 5.67. The van der Waals surface area contributed by atoms with Gasteiger partial charge in [0.05, 0.1) is 15.6 Å². The largest absolute Gasteiger partial charge is 0.325 e. The van der Waals surface area contributed by atoms with Crippen LogP contribution < -0.4 is 10.0 Å². The van der Waals surface area contributed by atoms with Crippen LogP contribution in [0.1, 0.15) is 17.5 Å². The Hall–Kier alpha value is -2.54. The van der Waals surface area contributed by atoms with Crippen molar-refractivity contribution >= 4 is 50.5 Å². The lowest BCUT2D eigenvalue weighted by Crippen LogP contribution is -2.14. The first kappa shape index (κ1) is 22.2. The first-order valence-electron chi connectivity index (χ1n) is 9.16. The number of sulfonamides is 1. The number of aryl methyl sites for hydroxylation is 2. The number of benzene rings is 3. The van der Waals surface area contributed by atoms with Gasteiger partial charge >= 0.3 is 0 Å². The van der Waals surface area contributed by atoms with Gasteiger partial charge < -0.3 is 5.32 Å². The third kappa shape index (κ3) is 5.98. The second-order valence-corrected chi connectivity index (χ2v) is 9.31. The molecular weight excluding hydrogens is 443 g/mol. The molecule has 0 aliphatic heterocycles. The number of rotatable bonds is 7. The first-order valence-corrected chi connectivity index (χ1v) is 11.4. The molecule has 1 amide bonds. The van der Waals surface area contributed by atoms with Gasteiger partial charge in [-0.1, -0.05) is 53.0 Å². The Labute approximate surface area is 186 Å². The van der Waals surface area contributed by atoms with Gasteiger partial charge in [-0.3, -0.25) is 9.52 Å². The molecule has 3 aromatic rings. The summed E-state index contributed by atoms with van der Waals surface area (Å²) in [6.45, 7) is 1.93. The molecule has 0 atom stereocenters. The van der Waals surface area contributed by atoms with Crippen molar-refractivity contribution in [2.75, 3.05) is 10.0 Å². The standard InChI is InChI=1S/C22H20Cl2N2O3S/c1-15-2-8-18(9-3-15)26-30(28,29)19-10-4-16(5-11-19)6-13-22(27)25-21-14-17(23)7-12-20(21)24/h2-5,7-12,14,26H,6,13H2,1H3,(H,25,27). The van der Waals surface area contributed by atoms with Crippen molar-refractivity contribution in [3.8, 4) is 0 Å². The third-order valence-corrected chi connectivity index (χ3v) is 6.34. The minimum atomic E-state index is -3.68. The summed E-state index contributed by atoms with van der Waals surface area (Å²) < 4.78 is 27.6. The molecule has 0 aliphatic rings. The molecule has 156 valence electrons. The van der Waals surface area contributed by atoms with Crippen molar-refractivity contribution in [1.82, 2.24) is 0 Å². The monoisotopic (exact) mass is 462 g/mol. The Kier molecular flexibility index (Phi) is 7.02. The van der Waals surface area contributed by atoms with Gasteiger partial charge in [-0.05, 0) is 61.4 Å². The Morgan fingerprint density at radius 3 is 2.27 bits per heavy atom. The topological polar surface area (TPSA) is 75.3 Å². The van der Waals surface area contributed by atoms with Crippen LogP contribution in [0, 0.1) is 6.92 Å². The number of anilines is 2. The summed E-state index contributed by atoms with van der Waals surface area (Å²) in [5.41, 5.74) is 2.85. The van der Waals surface area contributed by atoms with Crippen LogP contribution in [0.25, 0.3) is 0 Å². The number of carbonyl (C=O) groups excluding carboxylic acids is 1. The minimum Gasteiger partial charge on any atom is -0.325 e. The number of halogens is 2. The molecule has 0 saturated heterocycles. The highest BCUT2D eigenvalue weighted by Gasteiger charge is 2.14. The molecule has 0 saturated carbocycles. The third-order valence-electron chi connectivity index (χ3n) is 4.38. The summed E-state index contributed by atoms with van der Waals surface area (Å²) in [7, 11) is -3.68. The second-order valence-electron chi connectivity index (χ2n) is 6.79.